The lowest BCUT2D eigenvalue weighted by Gasteiger charge is -2.33. The van der Waals surface area contributed by atoms with Crippen LogP contribution in [0.15, 0.2) is 23.1 Å². The third-order valence-corrected chi connectivity index (χ3v) is 7.63. The first-order valence-corrected chi connectivity index (χ1v) is 11.3. The van der Waals surface area contributed by atoms with Gasteiger partial charge >= 0.3 is 17.8 Å². The van der Waals surface area contributed by atoms with Gasteiger partial charge in [0.05, 0.1) is 4.90 Å². The number of carbonyl (C=O) groups excluding carboxylic acids is 3. The number of sulfonamides is 1. The van der Waals surface area contributed by atoms with Gasteiger partial charge < -0.3 is 4.90 Å². The van der Waals surface area contributed by atoms with Crippen LogP contribution >= 0.6 is 0 Å². The van der Waals surface area contributed by atoms with Crippen molar-refractivity contribution in [3.8, 4) is 0 Å². The fraction of sp³-hybridized carbons (Fsp3) is 0.526. The lowest BCUT2D eigenvalue weighted by atomic mass is 10.0. The van der Waals surface area contributed by atoms with E-state index in [4.69, 9.17) is 0 Å². The zero-order valence-corrected chi connectivity index (χ0v) is 17.2. The largest absolute Gasteiger partial charge is 0.353 e. The summed E-state index contributed by atoms with van der Waals surface area (Å²) in [4.78, 5) is 40.5. The van der Waals surface area contributed by atoms with Crippen molar-refractivity contribution < 1.29 is 22.8 Å². The normalized spacial score (nSPS) is 20.7. The molecule has 1 aromatic rings. The number of imide groups is 2. The van der Waals surface area contributed by atoms with Gasteiger partial charge in [-0.05, 0) is 56.4 Å². The van der Waals surface area contributed by atoms with E-state index in [1.54, 1.807) is 25.1 Å². The number of carbonyl (C=O) groups is 3. The van der Waals surface area contributed by atoms with Crippen molar-refractivity contribution in [2.75, 3.05) is 37.7 Å². The molecule has 0 aromatic heterocycles. The van der Waals surface area contributed by atoms with Gasteiger partial charge in [0.25, 0.3) is 0 Å². The van der Waals surface area contributed by atoms with E-state index in [0.717, 1.165) is 46.7 Å². The predicted octanol–water partition coefficient (Wildman–Crippen LogP) is 0.992. The Bertz CT molecular complexity index is 971. The molecule has 3 heterocycles. The summed E-state index contributed by atoms with van der Waals surface area (Å²) in [6, 6.07) is 4.42. The highest BCUT2D eigenvalue weighted by Crippen LogP contribution is 2.31. The van der Waals surface area contributed by atoms with Gasteiger partial charge in [-0.1, -0.05) is 0 Å². The van der Waals surface area contributed by atoms with E-state index in [1.807, 2.05) is 4.90 Å². The number of likely N-dealkylation sites (N-methyl/N-ethyl adjacent to an activating group) is 1. The third-order valence-electron chi connectivity index (χ3n) is 5.73. The zero-order valence-electron chi connectivity index (χ0n) is 16.3. The molecule has 29 heavy (non-hydrogen) atoms. The van der Waals surface area contributed by atoms with Crippen LogP contribution in [0.5, 0.6) is 0 Å². The number of benzene rings is 1. The van der Waals surface area contributed by atoms with Gasteiger partial charge in [-0.3, -0.25) is 14.5 Å². The Hall–Kier alpha value is -2.46. The molecule has 0 unspecified atom stereocenters. The van der Waals surface area contributed by atoms with Crippen molar-refractivity contribution in [1.29, 1.82) is 0 Å². The highest BCUT2D eigenvalue weighted by molar-refractivity contribution is 7.89. The van der Waals surface area contributed by atoms with Crippen molar-refractivity contribution in [3.63, 3.8) is 0 Å². The molecule has 0 saturated carbocycles. The van der Waals surface area contributed by atoms with E-state index in [-0.39, 0.29) is 18.1 Å². The van der Waals surface area contributed by atoms with Crippen LogP contribution in [0.2, 0.25) is 0 Å². The molecular weight excluding hydrogens is 396 g/mol. The zero-order chi connectivity index (χ0) is 20.8. The first-order chi connectivity index (χ1) is 13.8. The Balaban J connectivity index is 1.59. The summed E-state index contributed by atoms with van der Waals surface area (Å²) in [5.41, 5.74) is 1.66. The van der Waals surface area contributed by atoms with Crippen LogP contribution in [0.4, 0.5) is 10.5 Å². The monoisotopic (exact) mass is 420 g/mol. The fourth-order valence-corrected chi connectivity index (χ4v) is 5.73. The molecular formula is C19H24N4O5S. The van der Waals surface area contributed by atoms with Gasteiger partial charge in [0.15, 0.2) is 0 Å². The first kappa shape index (κ1) is 19.8. The summed E-state index contributed by atoms with van der Waals surface area (Å²) in [5.74, 6) is -1.63. The molecule has 3 aliphatic heterocycles. The van der Waals surface area contributed by atoms with Crippen molar-refractivity contribution in [2.24, 2.45) is 0 Å². The second-order valence-corrected chi connectivity index (χ2v) is 9.41. The summed E-state index contributed by atoms with van der Waals surface area (Å²) in [7, 11) is -3.50. The molecule has 0 bridgehead atoms. The summed E-state index contributed by atoms with van der Waals surface area (Å²) >= 11 is 0. The second-order valence-electron chi connectivity index (χ2n) is 7.48. The average molecular weight is 420 g/mol. The van der Waals surface area contributed by atoms with Crippen molar-refractivity contribution in [2.45, 2.75) is 37.5 Å². The molecule has 3 aliphatic rings. The highest BCUT2D eigenvalue weighted by Gasteiger charge is 2.44. The predicted molar refractivity (Wildman–Crippen MR) is 105 cm³/mol. The third kappa shape index (κ3) is 3.29. The Morgan fingerprint density at radius 2 is 1.62 bits per heavy atom. The minimum absolute atomic E-state index is 0.0227. The lowest BCUT2D eigenvalue weighted by Crippen LogP contribution is -2.44. The topological polar surface area (TPSA) is 98.3 Å². The maximum atomic E-state index is 12.8. The molecule has 4 amide bonds. The van der Waals surface area contributed by atoms with Gasteiger partial charge in [-0.25, -0.2) is 18.1 Å². The van der Waals surface area contributed by atoms with Crippen LogP contribution in [0, 0.1) is 0 Å². The summed E-state index contributed by atoms with van der Waals surface area (Å²) in [6.45, 7) is 3.48. The van der Waals surface area contributed by atoms with Crippen LogP contribution in [-0.2, 0) is 26.0 Å². The molecule has 0 radical (unpaired) electrons. The number of fused-ring (bicyclic) bond motifs is 1. The van der Waals surface area contributed by atoms with E-state index in [0.29, 0.717) is 19.6 Å². The number of amides is 4. The standard InChI is InChI=1S/C19H24N4O5S/c1-2-22-17(24)18(25)23(19(22)26)13-20-9-5-6-14-12-15(7-8-16(14)20)29(27,28)21-10-3-4-11-21/h7-8,12H,2-6,9-11,13H2,1H3. The number of anilines is 1. The van der Waals surface area contributed by atoms with Gasteiger partial charge in [0.2, 0.25) is 10.0 Å². The van der Waals surface area contributed by atoms with Crippen molar-refractivity contribution >= 4 is 33.6 Å². The SMILES string of the molecule is CCN1C(=O)C(=O)N(CN2CCCc3cc(S(=O)(=O)N4CCCC4)ccc32)C1=O. The minimum Gasteiger partial charge on any atom is -0.353 e. The van der Waals surface area contributed by atoms with Crippen LogP contribution in [0.1, 0.15) is 31.7 Å². The number of urea groups is 1. The van der Waals surface area contributed by atoms with E-state index in [2.05, 4.69) is 0 Å². The van der Waals surface area contributed by atoms with Gasteiger partial charge in [0.1, 0.15) is 6.67 Å². The van der Waals surface area contributed by atoms with E-state index >= 15 is 0 Å². The molecule has 0 N–H and O–H groups in total. The van der Waals surface area contributed by atoms with E-state index in [9.17, 15) is 22.8 Å². The molecule has 10 heteroatoms. The van der Waals surface area contributed by atoms with Crippen molar-refractivity contribution in [1.82, 2.24) is 14.1 Å². The number of nitrogens with zero attached hydrogens (tertiary/aromatic N) is 4. The molecule has 2 fully saturated rings. The number of hydrogen-bond acceptors (Lipinski definition) is 6. The highest BCUT2D eigenvalue weighted by atomic mass is 32.2. The summed E-state index contributed by atoms with van der Waals surface area (Å²) in [6.07, 6.45) is 3.24. The minimum atomic E-state index is -3.50. The molecule has 2 saturated heterocycles. The Labute approximate surface area is 169 Å². The van der Waals surface area contributed by atoms with Crippen LogP contribution in [0.25, 0.3) is 0 Å². The quantitative estimate of drug-likeness (QED) is 0.521. The molecule has 0 atom stereocenters. The Morgan fingerprint density at radius 3 is 2.28 bits per heavy atom. The molecule has 9 nitrogen and oxygen atoms in total. The molecule has 4 rings (SSSR count). The molecule has 1 aromatic carbocycles. The van der Waals surface area contributed by atoms with Gasteiger partial charge in [-0.2, -0.15) is 4.31 Å². The second kappa shape index (κ2) is 7.42. The van der Waals surface area contributed by atoms with E-state index in [1.165, 1.54) is 4.31 Å². The molecule has 0 spiro atoms. The number of rotatable bonds is 5. The van der Waals surface area contributed by atoms with Crippen LogP contribution in [-0.4, -0.2) is 73.2 Å². The average Bonchev–Trinajstić information content (AvgIpc) is 3.32. The summed E-state index contributed by atoms with van der Waals surface area (Å²) in [5, 5.41) is 0. The van der Waals surface area contributed by atoms with Crippen LogP contribution < -0.4 is 4.90 Å². The maximum Gasteiger partial charge on any atom is 0.335 e. The Kier molecular flexibility index (Phi) is 5.07. The van der Waals surface area contributed by atoms with Crippen LogP contribution in [0.3, 0.4) is 0 Å². The van der Waals surface area contributed by atoms with Crippen molar-refractivity contribution in [3.05, 3.63) is 23.8 Å². The number of aryl methyl sites for hydroxylation is 1. The molecule has 0 aliphatic carbocycles. The maximum absolute atomic E-state index is 12.8. The molecule has 156 valence electrons. The first-order valence-electron chi connectivity index (χ1n) is 9.90. The van der Waals surface area contributed by atoms with E-state index < -0.39 is 27.9 Å². The van der Waals surface area contributed by atoms with Gasteiger partial charge in [0, 0.05) is 31.9 Å². The van der Waals surface area contributed by atoms with Gasteiger partial charge in [-0.15, -0.1) is 0 Å². The smallest absolute Gasteiger partial charge is 0.335 e. The lowest BCUT2D eigenvalue weighted by molar-refractivity contribution is -0.143. The Morgan fingerprint density at radius 1 is 0.931 bits per heavy atom. The number of hydrogen-bond donors (Lipinski definition) is 0. The fourth-order valence-electron chi connectivity index (χ4n) is 4.16. The summed E-state index contributed by atoms with van der Waals surface area (Å²) < 4.78 is 27.2.